The highest BCUT2D eigenvalue weighted by molar-refractivity contribution is 6.36. The molecule has 6 heteroatoms. The molecule has 6 nitrogen and oxygen atoms in total. The predicted molar refractivity (Wildman–Crippen MR) is 86.6 cm³/mol. The van der Waals surface area contributed by atoms with Gasteiger partial charge in [-0.25, -0.2) is 0 Å². The van der Waals surface area contributed by atoms with Crippen LogP contribution in [0.15, 0.2) is 30.0 Å². The van der Waals surface area contributed by atoms with Crippen LogP contribution in [0.25, 0.3) is 5.57 Å². The number of carbonyl (C=O) groups is 2. The first-order chi connectivity index (χ1) is 10.9. The molecule has 23 heavy (non-hydrogen) atoms. The molecule has 0 spiro atoms. The van der Waals surface area contributed by atoms with Gasteiger partial charge in [-0.2, -0.15) is 0 Å². The first-order valence-electron chi connectivity index (χ1n) is 7.51. The molecule has 1 aromatic carbocycles. The molecule has 0 atom stereocenters. The van der Waals surface area contributed by atoms with Gasteiger partial charge >= 0.3 is 0 Å². The molecule has 0 fully saturated rings. The molecule has 1 aromatic rings. The number of likely N-dealkylation sites (N-methyl/N-ethyl adjacent to an activating group) is 1. The summed E-state index contributed by atoms with van der Waals surface area (Å²) in [4.78, 5) is 28.4. The van der Waals surface area contributed by atoms with E-state index in [2.05, 4.69) is 0 Å². The monoisotopic (exact) mass is 318 g/mol. The number of imide groups is 1. The maximum atomic E-state index is 12.8. The summed E-state index contributed by atoms with van der Waals surface area (Å²) in [7, 11) is 3.22. The molecule has 1 heterocycles. The zero-order valence-electron chi connectivity index (χ0n) is 13.9. The van der Waals surface area contributed by atoms with Crippen LogP contribution in [-0.4, -0.2) is 60.1 Å². The van der Waals surface area contributed by atoms with E-state index in [0.717, 1.165) is 0 Å². The molecule has 0 saturated carbocycles. The van der Waals surface area contributed by atoms with Gasteiger partial charge in [0.25, 0.3) is 11.8 Å². The fourth-order valence-electron chi connectivity index (χ4n) is 2.71. The quantitative estimate of drug-likeness (QED) is 0.796. The number of methoxy groups -OCH3 is 1. The SMILES string of the molecule is COc1ccccc1C1=C(N(C)CCO)C(=O)N(C(C)C)C1=O. The fraction of sp³-hybridized carbons (Fsp3) is 0.412. The third-order valence-corrected chi connectivity index (χ3v) is 3.80. The maximum absolute atomic E-state index is 12.8. The number of hydrogen-bond donors (Lipinski definition) is 1. The van der Waals surface area contributed by atoms with Gasteiger partial charge in [0.1, 0.15) is 11.4 Å². The Morgan fingerprint density at radius 3 is 2.43 bits per heavy atom. The third-order valence-electron chi connectivity index (χ3n) is 3.80. The molecular formula is C17H22N2O4. The van der Waals surface area contributed by atoms with Gasteiger partial charge in [0.05, 0.1) is 19.3 Å². The molecule has 124 valence electrons. The van der Waals surface area contributed by atoms with Crippen molar-refractivity contribution in [3.63, 3.8) is 0 Å². The van der Waals surface area contributed by atoms with Crippen LogP contribution in [0, 0.1) is 0 Å². The Bertz CT molecular complexity index is 652. The van der Waals surface area contributed by atoms with Crippen molar-refractivity contribution in [1.29, 1.82) is 0 Å². The van der Waals surface area contributed by atoms with Crippen molar-refractivity contribution >= 4 is 17.4 Å². The second kappa shape index (κ2) is 6.83. The standard InChI is InChI=1S/C17H22N2O4/c1-11(2)19-16(21)14(12-7-5-6-8-13(12)23-4)15(17(19)22)18(3)9-10-20/h5-8,11,20H,9-10H2,1-4H3. The van der Waals surface area contributed by atoms with E-state index in [1.807, 2.05) is 6.07 Å². The predicted octanol–water partition coefficient (Wildman–Crippen LogP) is 1.11. The van der Waals surface area contributed by atoms with Crippen LogP contribution in [0.5, 0.6) is 5.75 Å². The van der Waals surface area contributed by atoms with Crippen LogP contribution in [0.1, 0.15) is 19.4 Å². The highest BCUT2D eigenvalue weighted by Gasteiger charge is 2.42. The van der Waals surface area contributed by atoms with Crippen molar-refractivity contribution in [2.75, 3.05) is 27.3 Å². The van der Waals surface area contributed by atoms with Gasteiger partial charge in [0.2, 0.25) is 0 Å². The van der Waals surface area contributed by atoms with Gasteiger partial charge in [-0.1, -0.05) is 18.2 Å². The molecule has 1 aliphatic heterocycles. The van der Waals surface area contributed by atoms with Crippen molar-refractivity contribution in [2.45, 2.75) is 19.9 Å². The molecule has 2 amide bonds. The van der Waals surface area contributed by atoms with E-state index in [9.17, 15) is 14.7 Å². The minimum atomic E-state index is -0.346. The van der Waals surface area contributed by atoms with E-state index in [0.29, 0.717) is 22.6 Å². The number of benzene rings is 1. The summed E-state index contributed by atoms with van der Waals surface area (Å²) in [5, 5.41) is 9.18. The number of aliphatic hydroxyl groups is 1. The molecule has 0 unspecified atom stereocenters. The van der Waals surface area contributed by atoms with Crippen molar-refractivity contribution < 1.29 is 19.4 Å². The lowest BCUT2D eigenvalue weighted by Crippen LogP contribution is -2.39. The lowest BCUT2D eigenvalue weighted by atomic mass is 10.0. The van der Waals surface area contributed by atoms with Crippen LogP contribution < -0.4 is 4.74 Å². The minimum absolute atomic E-state index is 0.109. The summed E-state index contributed by atoms with van der Waals surface area (Å²) in [5.74, 6) is -0.152. The minimum Gasteiger partial charge on any atom is -0.496 e. The van der Waals surface area contributed by atoms with E-state index in [1.54, 1.807) is 44.0 Å². The number of aliphatic hydroxyl groups excluding tert-OH is 1. The van der Waals surface area contributed by atoms with Gasteiger partial charge in [-0.05, 0) is 19.9 Å². The first kappa shape index (κ1) is 17.0. The molecule has 1 aliphatic rings. The van der Waals surface area contributed by atoms with E-state index in [-0.39, 0.29) is 31.0 Å². The Kier molecular flexibility index (Phi) is 5.05. The average molecular weight is 318 g/mol. The van der Waals surface area contributed by atoms with Crippen molar-refractivity contribution in [2.24, 2.45) is 0 Å². The van der Waals surface area contributed by atoms with Gasteiger partial charge < -0.3 is 14.7 Å². The van der Waals surface area contributed by atoms with Crippen LogP contribution in [0.2, 0.25) is 0 Å². The smallest absolute Gasteiger partial charge is 0.278 e. The second-order valence-electron chi connectivity index (χ2n) is 5.64. The highest BCUT2D eigenvalue weighted by atomic mass is 16.5. The van der Waals surface area contributed by atoms with Gasteiger partial charge in [0, 0.05) is 25.2 Å². The molecule has 0 aromatic heterocycles. The zero-order valence-corrected chi connectivity index (χ0v) is 13.9. The van der Waals surface area contributed by atoms with Gasteiger partial charge in [-0.15, -0.1) is 0 Å². The van der Waals surface area contributed by atoms with E-state index in [4.69, 9.17) is 4.74 Å². The number of para-hydroxylation sites is 1. The van der Waals surface area contributed by atoms with Crippen LogP contribution in [0.3, 0.4) is 0 Å². The number of rotatable bonds is 6. The van der Waals surface area contributed by atoms with Crippen LogP contribution in [0.4, 0.5) is 0 Å². The Morgan fingerprint density at radius 2 is 1.87 bits per heavy atom. The Balaban J connectivity index is 2.65. The molecular weight excluding hydrogens is 296 g/mol. The van der Waals surface area contributed by atoms with E-state index >= 15 is 0 Å². The average Bonchev–Trinajstić information content (AvgIpc) is 2.78. The second-order valence-corrected chi connectivity index (χ2v) is 5.64. The van der Waals surface area contributed by atoms with Crippen molar-refractivity contribution in [3.8, 4) is 5.75 Å². The fourth-order valence-corrected chi connectivity index (χ4v) is 2.71. The summed E-state index contributed by atoms with van der Waals surface area (Å²) in [5.41, 5.74) is 1.19. The maximum Gasteiger partial charge on any atom is 0.278 e. The summed E-state index contributed by atoms with van der Waals surface area (Å²) in [6, 6.07) is 6.86. The summed E-state index contributed by atoms with van der Waals surface area (Å²) >= 11 is 0. The molecule has 0 saturated heterocycles. The van der Waals surface area contributed by atoms with Crippen molar-refractivity contribution in [3.05, 3.63) is 35.5 Å². The van der Waals surface area contributed by atoms with Crippen LogP contribution >= 0.6 is 0 Å². The number of hydrogen-bond acceptors (Lipinski definition) is 5. The Labute approximate surface area is 136 Å². The molecule has 0 radical (unpaired) electrons. The topological polar surface area (TPSA) is 70.1 Å². The Morgan fingerprint density at radius 1 is 1.22 bits per heavy atom. The third kappa shape index (κ3) is 2.94. The van der Waals surface area contributed by atoms with Crippen molar-refractivity contribution in [1.82, 2.24) is 9.80 Å². The number of nitrogens with zero attached hydrogens (tertiary/aromatic N) is 2. The van der Waals surface area contributed by atoms with Crippen LogP contribution in [-0.2, 0) is 9.59 Å². The van der Waals surface area contributed by atoms with E-state index in [1.165, 1.54) is 12.0 Å². The zero-order chi connectivity index (χ0) is 17.1. The molecule has 1 N–H and O–H groups in total. The summed E-state index contributed by atoms with van der Waals surface area (Å²) < 4.78 is 5.34. The largest absolute Gasteiger partial charge is 0.496 e. The summed E-state index contributed by atoms with van der Waals surface area (Å²) in [6.45, 7) is 3.75. The van der Waals surface area contributed by atoms with Gasteiger partial charge in [0.15, 0.2) is 0 Å². The lowest BCUT2D eigenvalue weighted by molar-refractivity contribution is -0.139. The number of ether oxygens (including phenoxy) is 1. The number of amides is 2. The normalized spacial score (nSPS) is 15.0. The summed E-state index contributed by atoms with van der Waals surface area (Å²) in [6.07, 6.45) is 0. The highest BCUT2D eigenvalue weighted by Crippen LogP contribution is 2.36. The van der Waals surface area contributed by atoms with Gasteiger partial charge in [-0.3, -0.25) is 14.5 Å². The molecule has 2 rings (SSSR count). The first-order valence-corrected chi connectivity index (χ1v) is 7.51. The Hall–Kier alpha value is -2.34. The molecule has 0 aliphatic carbocycles. The number of carbonyl (C=O) groups excluding carboxylic acids is 2. The van der Waals surface area contributed by atoms with E-state index < -0.39 is 0 Å². The molecule has 0 bridgehead atoms. The lowest BCUT2D eigenvalue weighted by Gasteiger charge is -2.22.